The van der Waals surface area contributed by atoms with Crippen LogP contribution >= 0.6 is 22.9 Å². The van der Waals surface area contributed by atoms with Crippen LogP contribution in [0.3, 0.4) is 0 Å². The van der Waals surface area contributed by atoms with Crippen molar-refractivity contribution in [2.24, 2.45) is 0 Å². The molecule has 1 heterocycles. The number of halogens is 1. The van der Waals surface area contributed by atoms with Crippen LogP contribution in [-0.4, -0.2) is 17.6 Å². The zero-order valence-corrected chi connectivity index (χ0v) is 13.4. The number of benzene rings is 1. The van der Waals surface area contributed by atoms with Crippen LogP contribution in [0.4, 0.5) is 0 Å². The van der Waals surface area contributed by atoms with E-state index in [2.05, 4.69) is 4.98 Å². The molecule has 0 atom stereocenters. The first kappa shape index (κ1) is 16.7. The van der Waals surface area contributed by atoms with Crippen molar-refractivity contribution in [1.82, 2.24) is 4.98 Å². The molecule has 108 valence electrons. The van der Waals surface area contributed by atoms with E-state index in [0.29, 0.717) is 11.6 Å². The Morgan fingerprint density at radius 3 is 2.55 bits per heavy atom. The highest BCUT2D eigenvalue weighted by Crippen LogP contribution is 2.25. The Bertz CT molecular complexity index is 537. The normalized spacial score (nSPS) is 9.60. The van der Waals surface area contributed by atoms with Gasteiger partial charge in [0, 0.05) is 16.0 Å². The maximum Gasteiger partial charge on any atom is 0.311 e. The van der Waals surface area contributed by atoms with Gasteiger partial charge >= 0.3 is 5.97 Å². The molecule has 0 bridgehead atoms. The van der Waals surface area contributed by atoms with E-state index < -0.39 is 0 Å². The minimum Gasteiger partial charge on any atom is -0.466 e. The van der Waals surface area contributed by atoms with Crippen LogP contribution in [0.5, 0.6) is 0 Å². The number of esters is 1. The molecule has 0 amide bonds. The van der Waals surface area contributed by atoms with Crippen molar-refractivity contribution in [3.8, 4) is 10.6 Å². The third-order valence-electron chi connectivity index (χ3n) is 2.27. The fourth-order valence-electron chi connectivity index (χ4n) is 1.47. The van der Waals surface area contributed by atoms with E-state index in [-0.39, 0.29) is 12.4 Å². The summed E-state index contributed by atoms with van der Waals surface area (Å²) in [5.41, 5.74) is 1.74. The van der Waals surface area contributed by atoms with Gasteiger partial charge in [0.15, 0.2) is 0 Å². The second kappa shape index (κ2) is 8.72. The molecule has 0 aliphatic carbocycles. The number of ether oxygens (including phenoxy) is 1. The second-order valence-electron chi connectivity index (χ2n) is 3.63. The second-order valence-corrected chi connectivity index (χ2v) is 4.93. The zero-order chi connectivity index (χ0) is 15.0. The van der Waals surface area contributed by atoms with Gasteiger partial charge in [-0.05, 0) is 19.1 Å². The topological polar surface area (TPSA) is 39.2 Å². The average molecular weight is 312 g/mol. The maximum absolute atomic E-state index is 11.3. The first-order chi connectivity index (χ1) is 9.69. The van der Waals surface area contributed by atoms with Crippen molar-refractivity contribution < 1.29 is 9.53 Å². The van der Waals surface area contributed by atoms with Gasteiger partial charge in [0.25, 0.3) is 0 Å². The molecule has 1 aromatic carbocycles. The molecule has 0 aliphatic heterocycles. The van der Waals surface area contributed by atoms with Crippen molar-refractivity contribution >= 4 is 28.9 Å². The number of aromatic nitrogens is 1. The van der Waals surface area contributed by atoms with Crippen LogP contribution in [0.15, 0.2) is 29.6 Å². The van der Waals surface area contributed by atoms with Crippen molar-refractivity contribution in [1.29, 1.82) is 0 Å². The molecule has 0 spiro atoms. The van der Waals surface area contributed by atoms with E-state index in [9.17, 15) is 4.79 Å². The van der Waals surface area contributed by atoms with Crippen molar-refractivity contribution in [3.63, 3.8) is 0 Å². The van der Waals surface area contributed by atoms with Crippen LogP contribution in [-0.2, 0) is 16.0 Å². The molecule has 2 aromatic rings. The summed E-state index contributed by atoms with van der Waals surface area (Å²) >= 11 is 7.34. The fourth-order valence-corrected chi connectivity index (χ4v) is 2.42. The number of rotatable bonds is 4. The smallest absolute Gasteiger partial charge is 0.311 e. The van der Waals surface area contributed by atoms with Crippen LogP contribution in [0, 0.1) is 0 Å². The van der Waals surface area contributed by atoms with E-state index in [1.54, 1.807) is 6.92 Å². The van der Waals surface area contributed by atoms with Crippen molar-refractivity contribution in [3.05, 3.63) is 40.4 Å². The summed E-state index contributed by atoms with van der Waals surface area (Å²) in [6.45, 7) is 6.19. The van der Waals surface area contributed by atoms with E-state index in [4.69, 9.17) is 16.3 Å². The van der Waals surface area contributed by atoms with Crippen LogP contribution in [0.25, 0.3) is 10.6 Å². The number of carbonyl (C=O) groups is 1. The Morgan fingerprint density at radius 1 is 1.30 bits per heavy atom. The molecule has 1 aromatic heterocycles. The van der Waals surface area contributed by atoms with Gasteiger partial charge in [-0.3, -0.25) is 4.79 Å². The zero-order valence-electron chi connectivity index (χ0n) is 11.9. The predicted molar refractivity (Wildman–Crippen MR) is 84.2 cm³/mol. The molecular formula is C15H18ClNO2S. The lowest BCUT2D eigenvalue weighted by Crippen LogP contribution is -2.07. The maximum atomic E-state index is 11.3. The molecule has 2 rings (SSSR count). The summed E-state index contributed by atoms with van der Waals surface area (Å²) in [6, 6.07) is 7.47. The standard InChI is InChI=1S/C13H12ClNO2S.C2H6/c1-2-17-12(16)7-11-8-18-13(15-11)9-3-5-10(14)6-4-9;1-2/h3-6,8H,2,7H2,1H3;1-2H3. The molecular weight excluding hydrogens is 294 g/mol. The monoisotopic (exact) mass is 311 g/mol. The largest absolute Gasteiger partial charge is 0.466 e. The lowest BCUT2D eigenvalue weighted by molar-refractivity contribution is -0.142. The van der Waals surface area contributed by atoms with Gasteiger partial charge in [-0.25, -0.2) is 4.98 Å². The highest BCUT2D eigenvalue weighted by molar-refractivity contribution is 7.13. The van der Waals surface area contributed by atoms with Crippen molar-refractivity contribution in [2.75, 3.05) is 6.61 Å². The van der Waals surface area contributed by atoms with Gasteiger partial charge in [0.1, 0.15) is 5.01 Å². The van der Waals surface area contributed by atoms with E-state index in [1.165, 1.54) is 11.3 Å². The number of hydrogen-bond acceptors (Lipinski definition) is 4. The Balaban J connectivity index is 0.000000956. The molecule has 0 fully saturated rings. The summed E-state index contributed by atoms with van der Waals surface area (Å²) in [5.74, 6) is -0.245. The number of carbonyl (C=O) groups excluding carboxylic acids is 1. The average Bonchev–Trinajstić information content (AvgIpc) is 2.90. The minimum atomic E-state index is -0.245. The van der Waals surface area contributed by atoms with Crippen LogP contribution < -0.4 is 0 Å². The summed E-state index contributed by atoms with van der Waals surface area (Å²) < 4.78 is 4.88. The third-order valence-corrected chi connectivity index (χ3v) is 3.47. The van der Waals surface area contributed by atoms with Gasteiger partial charge < -0.3 is 4.74 Å². The van der Waals surface area contributed by atoms with E-state index in [1.807, 2.05) is 43.5 Å². The first-order valence-electron chi connectivity index (χ1n) is 6.55. The summed E-state index contributed by atoms with van der Waals surface area (Å²) in [5, 5.41) is 3.45. The lowest BCUT2D eigenvalue weighted by Gasteiger charge is -1.98. The molecule has 3 nitrogen and oxygen atoms in total. The summed E-state index contributed by atoms with van der Waals surface area (Å²) in [4.78, 5) is 15.7. The summed E-state index contributed by atoms with van der Waals surface area (Å²) in [7, 11) is 0. The quantitative estimate of drug-likeness (QED) is 0.775. The van der Waals surface area contributed by atoms with E-state index in [0.717, 1.165) is 16.3 Å². The number of nitrogens with zero attached hydrogens (tertiary/aromatic N) is 1. The SMILES string of the molecule is CC.CCOC(=O)Cc1csc(-c2ccc(Cl)cc2)n1. The molecule has 0 unspecified atom stereocenters. The Kier molecular flexibility index (Phi) is 7.26. The van der Waals surface area contributed by atoms with Gasteiger partial charge in [-0.15, -0.1) is 11.3 Å². The van der Waals surface area contributed by atoms with Gasteiger partial charge in [0.2, 0.25) is 0 Å². The highest BCUT2D eigenvalue weighted by Gasteiger charge is 2.09. The molecule has 20 heavy (non-hydrogen) atoms. The van der Waals surface area contributed by atoms with Crippen LogP contribution in [0.1, 0.15) is 26.5 Å². The van der Waals surface area contributed by atoms with Gasteiger partial charge in [-0.1, -0.05) is 37.6 Å². The summed E-state index contributed by atoms with van der Waals surface area (Å²) in [6.07, 6.45) is 0.220. The first-order valence-corrected chi connectivity index (χ1v) is 7.80. The predicted octanol–water partition coefficient (Wildman–Crippen LogP) is 4.60. The molecule has 0 saturated heterocycles. The van der Waals surface area contributed by atoms with Gasteiger partial charge in [-0.2, -0.15) is 0 Å². The highest BCUT2D eigenvalue weighted by atomic mass is 35.5. The van der Waals surface area contributed by atoms with Gasteiger partial charge in [0.05, 0.1) is 18.7 Å². The fraction of sp³-hybridized carbons (Fsp3) is 0.333. The Hall–Kier alpha value is -1.39. The lowest BCUT2D eigenvalue weighted by atomic mass is 10.2. The molecule has 0 radical (unpaired) electrons. The van der Waals surface area contributed by atoms with Crippen molar-refractivity contribution in [2.45, 2.75) is 27.2 Å². The minimum absolute atomic E-state index is 0.220. The third kappa shape index (κ3) is 4.94. The van der Waals surface area contributed by atoms with E-state index >= 15 is 0 Å². The number of hydrogen-bond donors (Lipinski definition) is 0. The molecule has 5 heteroatoms. The Morgan fingerprint density at radius 2 is 1.95 bits per heavy atom. The van der Waals surface area contributed by atoms with Crippen LogP contribution in [0.2, 0.25) is 5.02 Å². The Labute approximate surface area is 128 Å². The molecule has 0 aliphatic rings. The molecule has 0 N–H and O–H groups in total. The molecule has 0 saturated carbocycles. The number of thiazole rings is 1.